The first-order valence-electron chi connectivity index (χ1n) is 11.7. The molecule has 4 saturated carbocycles. The molecule has 0 aromatic carbocycles. The summed E-state index contributed by atoms with van der Waals surface area (Å²) in [5.74, 6) is 2.16. The zero-order chi connectivity index (χ0) is 20.1. The van der Waals surface area contributed by atoms with E-state index in [-0.39, 0.29) is 17.8 Å². The highest BCUT2D eigenvalue weighted by Gasteiger charge is 2.63. The minimum absolute atomic E-state index is 0.216. The second-order valence-corrected chi connectivity index (χ2v) is 10.8. The predicted molar refractivity (Wildman–Crippen MR) is 111 cm³/mol. The second-order valence-electron chi connectivity index (χ2n) is 10.8. The van der Waals surface area contributed by atoms with Crippen molar-refractivity contribution in [2.45, 2.75) is 91.4 Å². The number of carbonyl (C=O) groups excluding carboxylic acids is 1. The van der Waals surface area contributed by atoms with E-state index in [1.54, 1.807) is 0 Å². The summed E-state index contributed by atoms with van der Waals surface area (Å²) in [6, 6.07) is 0. The van der Waals surface area contributed by atoms with E-state index in [0.29, 0.717) is 34.9 Å². The van der Waals surface area contributed by atoms with Gasteiger partial charge in [0.05, 0.1) is 0 Å². The van der Waals surface area contributed by atoms with Gasteiger partial charge in [0, 0.05) is 12.3 Å². The van der Waals surface area contributed by atoms with E-state index in [1.807, 2.05) is 0 Å². The Morgan fingerprint density at radius 2 is 1.82 bits per heavy atom. The summed E-state index contributed by atoms with van der Waals surface area (Å²) in [6.45, 7) is 7.02. The highest BCUT2D eigenvalue weighted by molar-refractivity contribution is 5.99. The van der Waals surface area contributed by atoms with E-state index in [1.165, 1.54) is 51.4 Å². The SMILES string of the molecule is C/C=C1/C(=O)[C@H]2C3CC[C@H](CCCC(=O)O)[C@@]3(C)CCC2[C@@]2(C)CCCC[C@@H]12. The van der Waals surface area contributed by atoms with Gasteiger partial charge in [-0.1, -0.05) is 32.8 Å². The Morgan fingerprint density at radius 1 is 1.07 bits per heavy atom. The molecule has 4 fully saturated rings. The number of Topliss-reactive ketones (excluding diaryl/α,β-unsaturated/α-hetero) is 1. The van der Waals surface area contributed by atoms with Gasteiger partial charge in [-0.15, -0.1) is 0 Å². The van der Waals surface area contributed by atoms with Gasteiger partial charge in [0.25, 0.3) is 0 Å². The van der Waals surface area contributed by atoms with Crippen molar-refractivity contribution in [2.24, 2.45) is 40.4 Å². The van der Waals surface area contributed by atoms with Gasteiger partial charge in [-0.05, 0) is 98.4 Å². The fraction of sp³-hybridized carbons (Fsp3) is 0.840. The minimum atomic E-state index is -0.681. The quantitative estimate of drug-likeness (QED) is 0.601. The van der Waals surface area contributed by atoms with Crippen LogP contribution in [0.5, 0.6) is 0 Å². The first-order chi connectivity index (χ1) is 13.3. The fourth-order valence-electron chi connectivity index (χ4n) is 8.35. The molecule has 28 heavy (non-hydrogen) atoms. The molecule has 0 amide bonds. The van der Waals surface area contributed by atoms with Crippen molar-refractivity contribution in [2.75, 3.05) is 0 Å². The van der Waals surface area contributed by atoms with E-state index in [0.717, 1.165) is 18.4 Å². The number of aliphatic carboxylic acids is 1. The summed E-state index contributed by atoms with van der Waals surface area (Å²) in [4.78, 5) is 24.7. The number of hydrogen-bond donors (Lipinski definition) is 1. The Labute approximate surface area is 170 Å². The van der Waals surface area contributed by atoms with Crippen molar-refractivity contribution in [1.29, 1.82) is 0 Å². The molecule has 4 aliphatic rings. The molecule has 3 heteroatoms. The number of ketones is 1. The summed E-state index contributed by atoms with van der Waals surface area (Å²) in [5.41, 5.74) is 1.69. The highest BCUT2D eigenvalue weighted by atomic mass is 16.4. The van der Waals surface area contributed by atoms with Crippen molar-refractivity contribution >= 4 is 11.8 Å². The second kappa shape index (κ2) is 7.29. The normalized spacial score (nSPS) is 46.8. The van der Waals surface area contributed by atoms with Crippen molar-refractivity contribution in [3.8, 4) is 0 Å². The van der Waals surface area contributed by atoms with Crippen LogP contribution in [-0.4, -0.2) is 16.9 Å². The van der Waals surface area contributed by atoms with Crippen molar-refractivity contribution in [3.63, 3.8) is 0 Å². The predicted octanol–water partition coefficient (Wildman–Crippen LogP) is 6.03. The van der Waals surface area contributed by atoms with Crippen LogP contribution in [0.4, 0.5) is 0 Å². The minimum Gasteiger partial charge on any atom is -0.481 e. The van der Waals surface area contributed by atoms with Crippen LogP contribution in [0, 0.1) is 40.4 Å². The van der Waals surface area contributed by atoms with Gasteiger partial charge < -0.3 is 5.11 Å². The molecule has 0 spiro atoms. The lowest BCUT2D eigenvalue weighted by atomic mass is 9.43. The highest BCUT2D eigenvalue weighted by Crippen LogP contribution is 2.67. The molecular weight excluding hydrogens is 348 g/mol. The molecule has 3 nitrogen and oxygen atoms in total. The van der Waals surface area contributed by atoms with Gasteiger partial charge in [-0.3, -0.25) is 9.59 Å². The molecule has 156 valence electrons. The fourth-order valence-corrected chi connectivity index (χ4v) is 8.35. The molecule has 7 atom stereocenters. The first kappa shape index (κ1) is 20.2. The molecule has 4 rings (SSSR count). The lowest BCUT2D eigenvalue weighted by molar-refractivity contribution is -0.145. The van der Waals surface area contributed by atoms with Gasteiger partial charge in [0.1, 0.15) is 0 Å². The molecule has 0 heterocycles. The molecule has 0 aromatic rings. The van der Waals surface area contributed by atoms with E-state index in [4.69, 9.17) is 5.11 Å². The summed E-state index contributed by atoms with van der Waals surface area (Å²) in [7, 11) is 0. The number of carbonyl (C=O) groups is 2. The van der Waals surface area contributed by atoms with Gasteiger partial charge in [-0.2, -0.15) is 0 Å². The summed E-state index contributed by atoms with van der Waals surface area (Å²) in [6.07, 6.45) is 14.1. The molecule has 0 radical (unpaired) electrons. The van der Waals surface area contributed by atoms with E-state index >= 15 is 0 Å². The zero-order valence-corrected chi connectivity index (χ0v) is 18.0. The van der Waals surface area contributed by atoms with Crippen LogP contribution in [-0.2, 0) is 9.59 Å². The van der Waals surface area contributed by atoms with Gasteiger partial charge >= 0.3 is 5.97 Å². The molecule has 0 bridgehead atoms. The zero-order valence-electron chi connectivity index (χ0n) is 18.0. The lowest BCUT2D eigenvalue weighted by Crippen LogP contribution is -2.57. The van der Waals surface area contributed by atoms with Crippen molar-refractivity contribution in [3.05, 3.63) is 11.6 Å². The maximum Gasteiger partial charge on any atom is 0.303 e. The van der Waals surface area contributed by atoms with Gasteiger partial charge in [-0.25, -0.2) is 0 Å². The molecule has 2 unspecified atom stereocenters. The third kappa shape index (κ3) is 2.91. The summed E-state index contributed by atoms with van der Waals surface area (Å²) >= 11 is 0. The number of hydrogen-bond acceptors (Lipinski definition) is 2. The van der Waals surface area contributed by atoms with Crippen LogP contribution >= 0.6 is 0 Å². The van der Waals surface area contributed by atoms with Crippen molar-refractivity contribution < 1.29 is 14.7 Å². The topological polar surface area (TPSA) is 54.4 Å². The Kier molecular flexibility index (Phi) is 5.25. The van der Waals surface area contributed by atoms with E-state index in [2.05, 4.69) is 26.8 Å². The standard InChI is InChI=1S/C25H38O3/c1-4-17-18-9-5-6-14-25(18,3)20-13-15-24(2)16(8-7-10-21(26)27)11-12-19(24)22(20)23(17)28/h4,16,18-20,22H,5-15H2,1-3H3,(H,26,27)/b17-4+/t16-,18-,19?,20?,22-,24+,25-/m0/s1. The number of carboxylic acids is 1. The molecule has 0 aliphatic heterocycles. The van der Waals surface area contributed by atoms with E-state index in [9.17, 15) is 9.59 Å². The van der Waals surface area contributed by atoms with Gasteiger partial charge in [0.15, 0.2) is 5.78 Å². The number of carboxylic acid groups (broad SMARTS) is 1. The Hall–Kier alpha value is -1.12. The number of fused-ring (bicyclic) bond motifs is 5. The van der Waals surface area contributed by atoms with Crippen LogP contribution in [0.1, 0.15) is 91.4 Å². The lowest BCUT2D eigenvalue weighted by Gasteiger charge is -2.60. The molecule has 4 aliphatic carbocycles. The molecule has 1 N–H and O–H groups in total. The Bertz CT molecular complexity index is 679. The third-order valence-electron chi connectivity index (χ3n) is 9.79. The smallest absolute Gasteiger partial charge is 0.303 e. The van der Waals surface area contributed by atoms with Crippen LogP contribution < -0.4 is 0 Å². The maximum atomic E-state index is 13.7. The summed E-state index contributed by atoms with van der Waals surface area (Å²) in [5, 5.41) is 9.02. The van der Waals surface area contributed by atoms with E-state index < -0.39 is 5.97 Å². The number of rotatable bonds is 4. The number of allylic oxidation sites excluding steroid dienone is 2. The van der Waals surface area contributed by atoms with Gasteiger partial charge in [0.2, 0.25) is 0 Å². The largest absolute Gasteiger partial charge is 0.481 e. The van der Waals surface area contributed by atoms with Crippen LogP contribution in [0.2, 0.25) is 0 Å². The van der Waals surface area contributed by atoms with Crippen LogP contribution in [0.15, 0.2) is 11.6 Å². The monoisotopic (exact) mass is 386 g/mol. The van der Waals surface area contributed by atoms with Crippen LogP contribution in [0.3, 0.4) is 0 Å². The molecule has 0 aromatic heterocycles. The first-order valence-corrected chi connectivity index (χ1v) is 11.7. The maximum absolute atomic E-state index is 13.7. The van der Waals surface area contributed by atoms with Crippen LogP contribution in [0.25, 0.3) is 0 Å². The molecular formula is C25H38O3. The van der Waals surface area contributed by atoms with Crippen molar-refractivity contribution in [1.82, 2.24) is 0 Å². The summed E-state index contributed by atoms with van der Waals surface area (Å²) < 4.78 is 0. The molecule has 0 saturated heterocycles. The average molecular weight is 387 g/mol. The third-order valence-corrected chi connectivity index (χ3v) is 9.79. The Morgan fingerprint density at radius 3 is 2.54 bits per heavy atom. The average Bonchev–Trinajstić information content (AvgIpc) is 2.99. The Balaban J connectivity index is 1.61.